The average molecular weight is 313 g/mol. The number of aliphatic hydroxyl groups is 1. The molecule has 0 aliphatic heterocycles. The second-order valence-electron chi connectivity index (χ2n) is 5.84. The standard InChI is InChI=1S/C15H23NO4S/c1-11(2)9-16(13-5-6-13)21(18,19)15-8-12(10-17)4-7-14(15)20-3/h4,7-8,11,13,17H,5-6,9-10H2,1-3H3. The molecule has 1 saturated carbocycles. The van der Waals surface area contributed by atoms with Crippen molar-refractivity contribution in [1.82, 2.24) is 4.31 Å². The summed E-state index contributed by atoms with van der Waals surface area (Å²) in [4.78, 5) is 0.143. The lowest BCUT2D eigenvalue weighted by atomic mass is 10.2. The number of hydrogen-bond acceptors (Lipinski definition) is 4. The highest BCUT2D eigenvalue weighted by atomic mass is 32.2. The summed E-state index contributed by atoms with van der Waals surface area (Å²) in [5.41, 5.74) is 0.565. The molecule has 0 amide bonds. The van der Waals surface area contributed by atoms with Gasteiger partial charge in [-0.15, -0.1) is 0 Å². The van der Waals surface area contributed by atoms with Crippen LogP contribution in [0, 0.1) is 5.92 Å². The Hall–Kier alpha value is -1.11. The molecule has 1 fully saturated rings. The van der Waals surface area contributed by atoms with E-state index in [0.29, 0.717) is 17.9 Å². The fraction of sp³-hybridized carbons (Fsp3) is 0.600. The van der Waals surface area contributed by atoms with Crippen molar-refractivity contribution in [2.75, 3.05) is 13.7 Å². The number of ether oxygens (including phenoxy) is 1. The summed E-state index contributed by atoms with van der Waals surface area (Å²) in [5.74, 6) is 0.578. The van der Waals surface area contributed by atoms with Crippen LogP contribution < -0.4 is 4.74 Å². The molecule has 0 radical (unpaired) electrons. The first-order chi connectivity index (χ1) is 9.90. The minimum absolute atomic E-state index is 0.0971. The minimum Gasteiger partial charge on any atom is -0.495 e. The van der Waals surface area contributed by atoms with Gasteiger partial charge in [0.15, 0.2) is 0 Å². The van der Waals surface area contributed by atoms with E-state index in [-0.39, 0.29) is 23.5 Å². The maximum absolute atomic E-state index is 13.0. The van der Waals surface area contributed by atoms with Gasteiger partial charge < -0.3 is 9.84 Å². The van der Waals surface area contributed by atoms with Crippen LogP contribution >= 0.6 is 0 Å². The molecular weight excluding hydrogens is 290 g/mol. The predicted octanol–water partition coefficient (Wildman–Crippen LogP) is 2.00. The van der Waals surface area contributed by atoms with Crippen molar-refractivity contribution in [2.45, 2.75) is 44.2 Å². The number of methoxy groups -OCH3 is 1. The lowest BCUT2D eigenvalue weighted by Gasteiger charge is -2.25. The zero-order valence-electron chi connectivity index (χ0n) is 12.7. The Morgan fingerprint density at radius 1 is 1.38 bits per heavy atom. The number of hydrogen-bond donors (Lipinski definition) is 1. The molecule has 0 saturated heterocycles. The van der Waals surface area contributed by atoms with Crippen molar-refractivity contribution in [3.8, 4) is 5.75 Å². The van der Waals surface area contributed by atoms with Gasteiger partial charge in [-0.2, -0.15) is 4.31 Å². The molecule has 118 valence electrons. The molecule has 0 heterocycles. The van der Waals surface area contributed by atoms with E-state index >= 15 is 0 Å². The molecule has 0 unspecified atom stereocenters. The maximum atomic E-state index is 13.0. The van der Waals surface area contributed by atoms with Crippen LogP contribution in [0.5, 0.6) is 5.75 Å². The lowest BCUT2D eigenvalue weighted by molar-refractivity contribution is 0.281. The first-order valence-corrected chi connectivity index (χ1v) is 8.63. The molecule has 5 nitrogen and oxygen atoms in total. The van der Waals surface area contributed by atoms with E-state index in [0.717, 1.165) is 12.8 Å². The zero-order chi connectivity index (χ0) is 15.6. The van der Waals surface area contributed by atoms with Crippen molar-refractivity contribution in [2.24, 2.45) is 5.92 Å². The number of rotatable bonds is 7. The lowest BCUT2D eigenvalue weighted by Crippen LogP contribution is -2.36. The SMILES string of the molecule is COc1ccc(CO)cc1S(=O)(=O)N(CC(C)C)C1CC1. The number of nitrogens with zero attached hydrogens (tertiary/aromatic N) is 1. The highest BCUT2D eigenvalue weighted by molar-refractivity contribution is 7.89. The van der Waals surface area contributed by atoms with Crippen LogP contribution in [0.15, 0.2) is 23.1 Å². The summed E-state index contributed by atoms with van der Waals surface area (Å²) in [6.07, 6.45) is 1.82. The molecule has 0 atom stereocenters. The Morgan fingerprint density at radius 3 is 2.52 bits per heavy atom. The normalized spacial score (nSPS) is 15.7. The number of sulfonamides is 1. The Bertz CT molecular complexity index is 594. The molecule has 1 aromatic rings. The monoisotopic (exact) mass is 313 g/mol. The molecule has 1 aliphatic carbocycles. The third kappa shape index (κ3) is 3.56. The maximum Gasteiger partial charge on any atom is 0.247 e. The quantitative estimate of drug-likeness (QED) is 0.836. The summed E-state index contributed by atoms with van der Waals surface area (Å²) in [6.45, 7) is 4.32. The highest BCUT2D eigenvalue weighted by Gasteiger charge is 2.39. The summed E-state index contributed by atoms with van der Waals surface area (Å²) in [6, 6.07) is 4.87. The van der Waals surface area contributed by atoms with Gasteiger partial charge in [-0.05, 0) is 36.5 Å². The second kappa shape index (κ2) is 6.34. The van der Waals surface area contributed by atoms with Gasteiger partial charge in [0.1, 0.15) is 10.6 Å². The molecular formula is C15H23NO4S. The minimum atomic E-state index is -3.61. The molecule has 0 aromatic heterocycles. The summed E-state index contributed by atoms with van der Waals surface area (Å²) >= 11 is 0. The van der Waals surface area contributed by atoms with Gasteiger partial charge in [-0.3, -0.25) is 0 Å². The van der Waals surface area contributed by atoms with E-state index in [9.17, 15) is 13.5 Å². The van der Waals surface area contributed by atoms with E-state index in [1.165, 1.54) is 13.2 Å². The second-order valence-corrected chi connectivity index (χ2v) is 7.70. The van der Waals surface area contributed by atoms with E-state index in [2.05, 4.69) is 0 Å². The van der Waals surface area contributed by atoms with E-state index < -0.39 is 10.0 Å². The summed E-state index contributed by atoms with van der Waals surface area (Å²) < 4.78 is 32.7. The summed E-state index contributed by atoms with van der Waals surface area (Å²) in [7, 11) is -2.16. The molecule has 21 heavy (non-hydrogen) atoms. The molecule has 1 N–H and O–H groups in total. The smallest absolute Gasteiger partial charge is 0.247 e. The fourth-order valence-electron chi connectivity index (χ4n) is 2.31. The average Bonchev–Trinajstić information content (AvgIpc) is 3.28. The Kier molecular flexibility index (Phi) is 4.91. The van der Waals surface area contributed by atoms with Gasteiger partial charge in [-0.25, -0.2) is 8.42 Å². The van der Waals surface area contributed by atoms with Gasteiger partial charge in [0, 0.05) is 12.6 Å². The predicted molar refractivity (Wildman–Crippen MR) is 80.7 cm³/mol. The van der Waals surface area contributed by atoms with Crippen LogP contribution in [0.3, 0.4) is 0 Å². The van der Waals surface area contributed by atoms with Crippen LogP contribution in [0.25, 0.3) is 0 Å². The molecule has 1 aromatic carbocycles. The number of benzene rings is 1. The molecule has 0 bridgehead atoms. The third-order valence-corrected chi connectivity index (χ3v) is 5.44. The molecule has 6 heteroatoms. The van der Waals surface area contributed by atoms with E-state index in [4.69, 9.17) is 4.74 Å². The third-order valence-electron chi connectivity index (χ3n) is 3.50. The highest BCUT2D eigenvalue weighted by Crippen LogP contribution is 2.36. The van der Waals surface area contributed by atoms with Crippen LogP contribution in [-0.2, 0) is 16.6 Å². The summed E-state index contributed by atoms with van der Waals surface area (Å²) in [5, 5.41) is 9.25. The fourth-order valence-corrected chi connectivity index (χ4v) is 4.37. The van der Waals surface area contributed by atoms with E-state index in [1.807, 2.05) is 13.8 Å². The van der Waals surface area contributed by atoms with Crippen LogP contribution in [0.4, 0.5) is 0 Å². The van der Waals surface area contributed by atoms with Crippen molar-refractivity contribution >= 4 is 10.0 Å². The van der Waals surface area contributed by atoms with Gasteiger partial charge in [0.25, 0.3) is 0 Å². The van der Waals surface area contributed by atoms with Gasteiger partial charge in [0.2, 0.25) is 10.0 Å². The Morgan fingerprint density at radius 2 is 2.05 bits per heavy atom. The van der Waals surface area contributed by atoms with E-state index in [1.54, 1.807) is 16.4 Å². The van der Waals surface area contributed by atoms with Crippen LogP contribution in [0.2, 0.25) is 0 Å². The van der Waals surface area contributed by atoms with Crippen molar-refractivity contribution in [1.29, 1.82) is 0 Å². The van der Waals surface area contributed by atoms with Crippen molar-refractivity contribution in [3.63, 3.8) is 0 Å². The van der Waals surface area contributed by atoms with Crippen molar-refractivity contribution in [3.05, 3.63) is 23.8 Å². The van der Waals surface area contributed by atoms with Gasteiger partial charge >= 0.3 is 0 Å². The van der Waals surface area contributed by atoms with Gasteiger partial charge in [0.05, 0.1) is 13.7 Å². The molecule has 0 spiro atoms. The van der Waals surface area contributed by atoms with Gasteiger partial charge in [-0.1, -0.05) is 19.9 Å². The Labute approximate surface area is 126 Å². The molecule has 1 aliphatic rings. The first-order valence-electron chi connectivity index (χ1n) is 7.19. The topological polar surface area (TPSA) is 66.8 Å². The van der Waals surface area contributed by atoms with Crippen LogP contribution in [-0.4, -0.2) is 37.5 Å². The van der Waals surface area contributed by atoms with Crippen LogP contribution in [0.1, 0.15) is 32.3 Å². The largest absolute Gasteiger partial charge is 0.495 e. The zero-order valence-corrected chi connectivity index (χ0v) is 13.6. The van der Waals surface area contributed by atoms with Crippen molar-refractivity contribution < 1.29 is 18.3 Å². The molecule has 2 rings (SSSR count). The first kappa shape index (κ1) is 16.3. The Balaban J connectivity index is 2.45. The number of aliphatic hydroxyl groups excluding tert-OH is 1.